The lowest BCUT2D eigenvalue weighted by molar-refractivity contribution is 0.232. The maximum Gasteiger partial charge on any atom is 0.0191 e. The van der Waals surface area contributed by atoms with E-state index in [2.05, 4.69) is 42.7 Å². The third-order valence-electron chi connectivity index (χ3n) is 2.43. The largest absolute Gasteiger partial charge is 0.308 e. The molecule has 0 bridgehead atoms. The Balaban J connectivity index is 2.13. The van der Waals surface area contributed by atoms with E-state index in [0.717, 1.165) is 6.04 Å². The van der Waals surface area contributed by atoms with Crippen LogP contribution in [-0.4, -0.2) is 61.6 Å². The van der Waals surface area contributed by atoms with Crippen molar-refractivity contribution in [1.82, 2.24) is 9.80 Å². The summed E-state index contributed by atoms with van der Waals surface area (Å²) in [6.07, 6.45) is 1.38. The molecule has 0 aromatic heterocycles. The quantitative estimate of drug-likeness (QED) is 0.649. The van der Waals surface area contributed by atoms with Crippen molar-refractivity contribution in [2.45, 2.75) is 12.5 Å². The normalized spacial score (nSPS) is 24.2. The number of thioether (sulfide) groups is 1. The third-order valence-corrected chi connectivity index (χ3v) is 3.57. The van der Waals surface area contributed by atoms with Gasteiger partial charge in [0.2, 0.25) is 0 Å². The van der Waals surface area contributed by atoms with E-state index in [4.69, 9.17) is 0 Å². The summed E-state index contributed by atoms with van der Waals surface area (Å²) in [6.45, 7) is 2.38. The van der Waals surface area contributed by atoms with Crippen LogP contribution in [0.2, 0.25) is 0 Å². The second kappa shape index (κ2) is 5.10. The van der Waals surface area contributed by atoms with Gasteiger partial charge in [-0.2, -0.15) is 11.8 Å². The highest BCUT2D eigenvalue weighted by Crippen LogP contribution is 2.20. The van der Waals surface area contributed by atoms with E-state index >= 15 is 0 Å². The predicted molar refractivity (Wildman–Crippen MR) is 56.9 cm³/mol. The predicted octanol–water partition coefficient (Wildman–Crippen LogP) is 0.985. The highest BCUT2D eigenvalue weighted by atomic mass is 32.2. The Morgan fingerprint density at radius 1 is 1.25 bits per heavy atom. The Morgan fingerprint density at radius 2 is 2.00 bits per heavy atom. The van der Waals surface area contributed by atoms with Crippen LogP contribution in [0.25, 0.3) is 0 Å². The van der Waals surface area contributed by atoms with Crippen molar-refractivity contribution in [3.63, 3.8) is 0 Å². The topological polar surface area (TPSA) is 6.48 Å². The van der Waals surface area contributed by atoms with Gasteiger partial charge in [-0.3, -0.25) is 0 Å². The van der Waals surface area contributed by atoms with Crippen LogP contribution >= 0.6 is 11.8 Å². The van der Waals surface area contributed by atoms with Crippen LogP contribution in [0.4, 0.5) is 0 Å². The molecule has 0 aromatic carbocycles. The molecule has 72 valence electrons. The highest BCUT2D eigenvalue weighted by Gasteiger charge is 2.19. The number of rotatable bonds is 4. The van der Waals surface area contributed by atoms with Gasteiger partial charge in [-0.25, -0.2) is 0 Å². The summed E-state index contributed by atoms with van der Waals surface area (Å²) >= 11 is 2.09. The molecular formula is C9H20N2S. The molecule has 1 aliphatic rings. The summed E-state index contributed by atoms with van der Waals surface area (Å²) < 4.78 is 0. The van der Waals surface area contributed by atoms with Gasteiger partial charge in [0.05, 0.1) is 0 Å². The van der Waals surface area contributed by atoms with Crippen molar-refractivity contribution in [3.05, 3.63) is 0 Å². The van der Waals surface area contributed by atoms with Gasteiger partial charge in [0.25, 0.3) is 0 Å². The van der Waals surface area contributed by atoms with Gasteiger partial charge in [0.1, 0.15) is 0 Å². The fourth-order valence-corrected chi connectivity index (χ4v) is 2.71. The summed E-state index contributed by atoms with van der Waals surface area (Å²) in [7, 11) is 6.52. The minimum Gasteiger partial charge on any atom is -0.308 e. The van der Waals surface area contributed by atoms with E-state index in [1.165, 1.54) is 31.0 Å². The zero-order chi connectivity index (χ0) is 8.97. The standard InChI is InChI=1S/C9H20N2S/c1-10(2)5-6-11(3)9-4-7-12-8-9/h9H,4-8H2,1-3H3. The van der Waals surface area contributed by atoms with Crippen LogP contribution in [0.1, 0.15) is 6.42 Å². The van der Waals surface area contributed by atoms with Crippen molar-refractivity contribution in [3.8, 4) is 0 Å². The van der Waals surface area contributed by atoms with Crippen LogP contribution in [0.5, 0.6) is 0 Å². The minimum absolute atomic E-state index is 0.843. The summed E-state index contributed by atoms with van der Waals surface area (Å²) in [6, 6.07) is 0.843. The van der Waals surface area contributed by atoms with Gasteiger partial charge in [0.15, 0.2) is 0 Å². The van der Waals surface area contributed by atoms with Gasteiger partial charge < -0.3 is 9.80 Å². The molecule has 0 aliphatic carbocycles. The molecule has 1 saturated heterocycles. The van der Waals surface area contributed by atoms with E-state index < -0.39 is 0 Å². The number of likely N-dealkylation sites (N-methyl/N-ethyl adjacent to an activating group) is 2. The molecule has 0 amide bonds. The van der Waals surface area contributed by atoms with Crippen molar-refractivity contribution < 1.29 is 0 Å². The molecule has 1 fully saturated rings. The van der Waals surface area contributed by atoms with Gasteiger partial charge in [-0.05, 0) is 33.3 Å². The molecule has 1 heterocycles. The molecule has 0 saturated carbocycles. The first kappa shape index (κ1) is 10.4. The monoisotopic (exact) mass is 188 g/mol. The van der Waals surface area contributed by atoms with Crippen LogP contribution in [-0.2, 0) is 0 Å². The van der Waals surface area contributed by atoms with Crippen LogP contribution in [0, 0.1) is 0 Å². The summed E-state index contributed by atoms with van der Waals surface area (Å²) in [4.78, 5) is 4.75. The first-order valence-electron chi connectivity index (χ1n) is 4.63. The molecular weight excluding hydrogens is 168 g/mol. The summed E-state index contributed by atoms with van der Waals surface area (Å²) in [5, 5.41) is 0. The van der Waals surface area contributed by atoms with Gasteiger partial charge >= 0.3 is 0 Å². The van der Waals surface area contributed by atoms with Crippen molar-refractivity contribution in [1.29, 1.82) is 0 Å². The second-order valence-electron chi connectivity index (χ2n) is 3.80. The lowest BCUT2D eigenvalue weighted by atomic mass is 10.2. The zero-order valence-electron chi connectivity index (χ0n) is 8.42. The van der Waals surface area contributed by atoms with Gasteiger partial charge in [-0.15, -0.1) is 0 Å². The van der Waals surface area contributed by atoms with Crippen LogP contribution in [0.15, 0.2) is 0 Å². The Kier molecular flexibility index (Phi) is 4.40. The maximum atomic E-state index is 2.50. The third kappa shape index (κ3) is 3.33. The fraction of sp³-hybridized carbons (Fsp3) is 1.00. The molecule has 1 rings (SSSR count). The Bertz CT molecular complexity index is 122. The number of hydrogen-bond donors (Lipinski definition) is 0. The van der Waals surface area contributed by atoms with E-state index in [0.29, 0.717) is 0 Å². The smallest absolute Gasteiger partial charge is 0.0191 e. The van der Waals surface area contributed by atoms with Crippen molar-refractivity contribution >= 4 is 11.8 Å². The maximum absolute atomic E-state index is 2.50. The zero-order valence-corrected chi connectivity index (χ0v) is 9.23. The Labute approximate surface area is 80.3 Å². The summed E-state index contributed by atoms with van der Waals surface area (Å²) in [5.41, 5.74) is 0. The van der Waals surface area contributed by atoms with Crippen LogP contribution < -0.4 is 0 Å². The van der Waals surface area contributed by atoms with Crippen molar-refractivity contribution in [2.24, 2.45) is 0 Å². The first-order valence-corrected chi connectivity index (χ1v) is 5.78. The lowest BCUT2D eigenvalue weighted by Gasteiger charge is -2.24. The summed E-state index contributed by atoms with van der Waals surface area (Å²) in [5.74, 6) is 2.70. The highest BCUT2D eigenvalue weighted by molar-refractivity contribution is 7.99. The van der Waals surface area contributed by atoms with E-state index in [1.807, 2.05) is 0 Å². The SMILES string of the molecule is CN(C)CCN(C)C1CCSC1. The average Bonchev–Trinajstić information content (AvgIpc) is 2.51. The molecule has 0 aromatic rings. The van der Waals surface area contributed by atoms with Gasteiger partial charge in [0, 0.05) is 24.9 Å². The molecule has 0 N–H and O–H groups in total. The van der Waals surface area contributed by atoms with Crippen molar-refractivity contribution in [2.75, 3.05) is 45.7 Å². The van der Waals surface area contributed by atoms with E-state index in [9.17, 15) is 0 Å². The molecule has 0 radical (unpaired) electrons. The first-order chi connectivity index (χ1) is 5.70. The Hall–Kier alpha value is 0.270. The molecule has 2 nitrogen and oxygen atoms in total. The fourth-order valence-electron chi connectivity index (χ4n) is 1.41. The second-order valence-corrected chi connectivity index (χ2v) is 4.95. The number of hydrogen-bond acceptors (Lipinski definition) is 3. The van der Waals surface area contributed by atoms with Crippen LogP contribution in [0.3, 0.4) is 0 Å². The molecule has 3 heteroatoms. The molecule has 12 heavy (non-hydrogen) atoms. The average molecular weight is 188 g/mol. The minimum atomic E-state index is 0.843. The Morgan fingerprint density at radius 3 is 2.50 bits per heavy atom. The number of nitrogens with zero attached hydrogens (tertiary/aromatic N) is 2. The molecule has 1 atom stereocenters. The molecule has 0 spiro atoms. The molecule has 1 unspecified atom stereocenters. The van der Waals surface area contributed by atoms with E-state index in [1.54, 1.807) is 0 Å². The van der Waals surface area contributed by atoms with Gasteiger partial charge in [-0.1, -0.05) is 0 Å². The van der Waals surface area contributed by atoms with E-state index in [-0.39, 0.29) is 0 Å². The lowest BCUT2D eigenvalue weighted by Crippen LogP contribution is -2.36. The molecule has 1 aliphatic heterocycles.